The van der Waals surface area contributed by atoms with Crippen LogP contribution in [0.2, 0.25) is 0 Å². The number of hydrogen-bond donors (Lipinski definition) is 3. The second-order valence-electron chi connectivity index (χ2n) is 5.31. The van der Waals surface area contributed by atoms with Crippen LogP contribution < -0.4 is 16.2 Å². The fraction of sp³-hybridized carbons (Fsp3) is 0.667. The van der Waals surface area contributed by atoms with Gasteiger partial charge in [-0.15, -0.1) is 0 Å². The summed E-state index contributed by atoms with van der Waals surface area (Å²) in [5, 5.41) is 9.93. The molecule has 1 aliphatic carbocycles. The summed E-state index contributed by atoms with van der Waals surface area (Å²) >= 11 is 0. The first kappa shape index (κ1) is 11.7. The van der Waals surface area contributed by atoms with Crippen molar-refractivity contribution in [2.45, 2.75) is 25.9 Å². The molecule has 0 aromatic carbocycles. The van der Waals surface area contributed by atoms with Crippen molar-refractivity contribution >= 4 is 11.8 Å². The van der Waals surface area contributed by atoms with E-state index in [-0.39, 0.29) is 6.10 Å². The van der Waals surface area contributed by atoms with Crippen LogP contribution in [0.3, 0.4) is 0 Å². The van der Waals surface area contributed by atoms with Crippen LogP contribution >= 0.6 is 0 Å². The van der Waals surface area contributed by atoms with Crippen molar-refractivity contribution in [3.63, 3.8) is 0 Å². The van der Waals surface area contributed by atoms with Gasteiger partial charge in [0.1, 0.15) is 5.82 Å². The van der Waals surface area contributed by atoms with Crippen LogP contribution in [-0.2, 0) is 0 Å². The third-order valence-corrected chi connectivity index (χ3v) is 4.11. The molecule has 3 atom stereocenters. The van der Waals surface area contributed by atoms with Crippen LogP contribution in [-0.4, -0.2) is 34.3 Å². The zero-order valence-electron chi connectivity index (χ0n) is 10.5. The minimum Gasteiger partial charge on any atom is -0.393 e. The number of aliphatic hydroxyl groups is 1. The second kappa shape index (κ2) is 4.37. The van der Waals surface area contributed by atoms with E-state index in [4.69, 9.17) is 5.84 Å². The van der Waals surface area contributed by atoms with Gasteiger partial charge in [0, 0.05) is 30.8 Å². The van der Waals surface area contributed by atoms with E-state index in [1.54, 1.807) is 0 Å². The minimum atomic E-state index is -0.143. The maximum atomic E-state index is 9.93. The number of fused-ring (bicyclic) bond motifs is 1. The molecular formula is C12H19N5O. The van der Waals surface area contributed by atoms with Gasteiger partial charge in [-0.25, -0.2) is 10.8 Å². The van der Waals surface area contributed by atoms with Crippen LogP contribution in [0.15, 0.2) is 6.07 Å². The molecule has 0 bridgehead atoms. The summed E-state index contributed by atoms with van der Waals surface area (Å²) in [5.74, 6) is 7.71. The van der Waals surface area contributed by atoms with E-state index < -0.39 is 0 Å². The van der Waals surface area contributed by atoms with Crippen molar-refractivity contribution in [3.05, 3.63) is 11.8 Å². The predicted octanol–water partition coefficient (Wildman–Crippen LogP) is 0.278. The molecule has 18 heavy (non-hydrogen) atoms. The van der Waals surface area contributed by atoms with Crippen molar-refractivity contribution in [2.75, 3.05) is 23.4 Å². The molecule has 0 amide bonds. The molecule has 6 nitrogen and oxygen atoms in total. The van der Waals surface area contributed by atoms with E-state index in [2.05, 4.69) is 20.3 Å². The van der Waals surface area contributed by atoms with Crippen LogP contribution in [0.25, 0.3) is 0 Å². The van der Waals surface area contributed by atoms with Crippen molar-refractivity contribution in [1.82, 2.24) is 9.97 Å². The molecule has 4 N–H and O–H groups in total. The Kier molecular flexibility index (Phi) is 2.83. The zero-order chi connectivity index (χ0) is 12.7. The summed E-state index contributed by atoms with van der Waals surface area (Å²) in [6.07, 6.45) is 1.92. The van der Waals surface area contributed by atoms with Gasteiger partial charge in [0.15, 0.2) is 0 Å². The van der Waals surface area contributed by atoms with E-state index in [1.807, 2.05) is 13.0 Å². The van der Waals surface area contributed by atoms with Gasteiger partial charge in [0.25, 0.3) is 0 Å². The molecule has 3 rings (SSSR count). The number of nitrogens with zero attached hydrogens (tertiary/aromatic N) is 3. The molecule has 1 aliphatic heterocycles. The lowest BCUT2D eigenvalue weighted by molar-refractivity contribution is 0.133. The van der Waals surface area contributed by atoms with Crippen molar-refractivity contribution in [3.8, 4) is 0 Å². The maximum Gasteiger partial charge on any atom is 0.239 e. The number of nitrogens with one attached hydrogen (secondary N) is 1. The quantitative estimate of drug-likeness (QED) is 0.515. The summed E-state index contributed by atoms with van der Waals surface area (Å²) in [6.45, 7) is 3.78. The maximum absolute atomic E-state index is 9.93. The molecule has 1 saturated carbocycles. The highest BCUT2D eigenvalue weighted by Crippen LogP contribution is 2.39. The monoisotopic (exact) mass is 249 g/mol. The molecule has 6 heteroatoms. The van der Waals surface area contributed by atoms with Crippen LogP contribution in [0, 0.1) is 18.8 Å². The largest absolute Gasteiger partial charge is 0.393 e. The first-order chi connectivity index (χ1) is 8.67. The van der Waals surface area contributed by atoms with Gasteiger partial charge in [-0.05, 0) is 25.7 Å². The average molecular weight is 249 g/mol. The molecular weight excluding hydrogens is 230 g/mol. The summed E-state index contributed by atoms with van der Waals surface area (Å²) in [4.78, 5) is 10.8. The number of aryl methyl sites for hydroxylation is 1. The van der Waals surface area contributed by atoms with Crippen molar-refractivity contribution < 1.29 is 5.11 Å². The fourth-order valence-electron chi connectivity index (χ4n) is 3.20. The van der Waals surface area contributed by atoms with Crippen LogP contribution in [0.5, 0.6) is 0 Å². The highest BCUT2D eigenvalue weighted by molar-refractivity contribution is 5.45. The molecule has 0 spiro atoms. The number of rotatable bonds is 2. The molecule has 1 saturated heterocycles. The fourth-order valence-corrected chi connectivity index (χ4v) is 3.20. The van der Waals surface area contributed by atoms with Crippen LogP contribution in [0.1, 0.15) is 18.5 Å². The Morgan fingerprint density at radius 2 is 2.22 bits per heavy atom. The molecule has 3 unspecified atom stereocenters. The summed E-state index contributed by atoms with van der Waals surface area (Å²) in [6, 6.07) is 1.97. The van der Waals surface area contributed by atoms with Gasteiger partial charge in [-0.3, -0.25) is 5.43 Å². The zero-order valence-corrected chi connectivity index (χ0v) is 10.5. The number of nitrogen functional groups attached to an aromatic ring is 1. The van der Waals surface area contributed by atoms with Gasteiger partial charge < -0.3 is 10.0 Å². The normalized spacial score (nSPS) is 30.6. The topological polar surface area (TPSA) is 87.3 Å². The molecule has 98 valence electrons. The summed E-state index contributed by atoms with van der Waals surface area (Å²) in [5.41, 5.74) is 3.39. The summed E-state index contributed by atoms with van der Waals surface area (Å²) < 4.78 is 0. The number of aliphatic hydroxyl groups excluding tert-OH is 1. The lowest BCUT2D eigenvalue weighted by Crippen LogP contribution is -2.26. The number of hydrogen-bond acceptors (Lipinski definition) is 6. The van der Waals surface area contributed by atoms with Crippen LogP contribution in [0.4, 0.5) is 11.8 Å². The lowest BCUT2D eigenvalue weighted by atomic mass is 10.00. The van der Waals surface area contributed by atoms with E-state index in [1.165, 1.54) is 0 Å². The SMILES string of the molecule is Cc1cc(N2CC3CCC(O)C3C2)nc(NN)n1. The lowest BCUT2D eigenvalue weighted by Gasteiger charge is -2.20. The number of nitrogens with two attached hydrogens (primary N) is 1. The molecule has 1 aromatic rings. The standard InChI is InChI=1S/C12H19N5O/c1-7-4-11(15-12(14-7)16-13)17-5-8-2-3-10(18)9(8)6-17/h4,8-10,18H,2-3,5-6,13H2,1H3,(H,14,15,16). The molecule has 2 fully saturated rings. The van der Waals surface area contributed by atoms with E-state index in [0.29, 0.717) is 17.8 Å². The molecule has 2 heterocycles. The Bertz CT molecular complexity index is 452. The first-order valence-electron chi connectivity index (χ1n) is 6.42. The van der Waals surface area contributed by atoms with Gasteiger partial charge in [-0.1, -0.05) is 0 Å². The third kappa shape index (κ3) is 1.91. The van der Waals surface area contributed by atoms with Gasteiger partial charge >= 0.3 is 0 Å². The number of hydrazine groups is 1. The van der Waals surface area contributed by atoms with E-state index >= 15 is 0 Å². The Morgan fingerprint density at radius 1 is 1.39 bits per heavy atom. The highest BCUT2D eigenvalue weighted by Gasteiger charge is 2.42. The third-order valence-electron chi connectivity index (χ3n) is 4.11. The smallest absolute Gasteiger partial charge is 0.239 e. The first-order valence-corrected chi connectivity index (χ1v) is 6.42. The van der Waals surface area contributed by atoms with Gasteiger partial charge in [0.2, 0.25) is 5.95 Å². The number of aromatic nitrogens is 2. The second-order valence-corrected chi connectivity index (χ2v) is 5.31. The minimum absolute atomic E-state index is 0.143. The average Bonchev–Trinajstić information content (AvgIpc) is 2.91. The highest BCUT2D eigenvalue weighted by atomic mass is 16.3. The Balaban J connectivity index is 1.82. The van der Waals surface area contributed by atoms with Gasteiger partial charge in [0.05, 0.1) is 6.10 Å². The number of anilines is 2. The van der Waals surface area contributed by atoms with E-state index in [0.717, 1.165) is 37.4 Å². The molecule has 0 radical (unpaired) electrons. The Morgan fingerprint density at radius 3 is 2.94 bits per heavy atom. The van der Waals surface area contributed by atoms with E-state index in [9.17, 15) is 5.11 Å². The predicted molar refractivity (Wildman–Crippen MR) is 69.0 cm³/mol. The summed E-state index contributed by atoms with van der Waals surface area (Å²) in [7, 11) is 0. The van der Waals surface area contributed by atoms with Gasteiger partial charge in [-0.2, -0.15) is 4.98 Å². The Labute approximate surface area is 106 Å². The Hall–Kier alpha value is -1.40. The van der Waals surface area contributed by atoms with Crippen molar-refractivity contribution in [2.24, 2.45) is 17.7 Å². The van der Waals surface area contributed by atoms with Crippen molar-refractivity contribution in [1.29, 1.82) is 0 Å². The molecule has 1 aromatic heterocycles. The molecule has 2 aliphatic rings.